The molecule has 0 fully saturated rings. The second-order valence-corrected chi connectivity index (χ2v) is 4.58. The fourth-order valence-electron chi connectivity index (χ4n) is 1.95. The molecule has 1 heterocycles. The number of aryl methyl sites for hydroxylation is 1. The van der Waals surface area contributed by atoms with Gasteiger partial charge in [0.2, 0.25) is 5.91 Å². The summed E-state index contributed by atoms with van der Waals surface area (Å²) in [5, 5.41) is 19.0. The largest absolute Gasteiger partial charge is 0.481 e. The molecule has 7 nitrogen and oxygen atoms in total. The molecule has 0 radical (unpaired) electrons. The molecule has 0 saturated heterocycles. The Labute approximate surface area is 121 Å². The van der Waals surface area contributed by atoms with Gasteiger partial charge in [0.15, 0.2) is 0 Å². The Kier molecular flexibility index (Phi) is 5.03. The minimum absolute atomic E-state index is 0.150. The summed E-state index contributed by atoms with van der Waals surface area (Å²) in [6, 6.07) is 8.54. The van der Waals surface area contributed by atoms with E-state index in [1.165, 1.54) is 12.7 Å². The van der Waals surface area contributed by atoms with Gasteiger partial charge >= 0.3 is 5.97 Å². The minimum Gasteiger partial charge on any atom is -0.481 e. The molecule has 110 valence electrons. The second-order valence-electron chi connectivity index (χ2n) is 4.58. The summed E-state index contributed by atoms with van der Waals surface area (Å²) in [5.41, 5.74) is 0.776. The summed E-state index contributed by atoms with van der Waals surface area (Å²) in [7, 11) is 0. The van der Waals surface area contributed by atoms with Crippen LogP contribution < -0.4 is 5.32 Å². The number of carbonyl (C=O) groups excluding carboxylic acids is 1. The lowest BCUT2D eigenvalue weighted by molar-refractivity contribution is -0.137. The Balaban J connectivity index is 1.94. The molecule has 1 aromatic heterocycles. The molecule has 0 unspecified atom stereocenters. The number of amides is 1. The van der Waals surface area contributed by atoms with E-state index in [4.69, 9.17) is 5.11 Å². The van der Waals surface area contributed by atoms with Gasteiger partial charge in [0.05, 0.1) is 12.5 Å². The van der Waals surface area contributed by atoms with Gasteiger partial charge in [0.1, 0.15) is 12.7 Å². The number of benzene rings is 1. The van der Waals surface area contributed by atoms with Crippen molar-refractivity contribution < 1.29 is 14.7 Å². The molecule has 0 aliphatic heterocycles. The van der Waals surface area contributed by atoms with Crippen molar-refractivity contribution in [2.75, 3.05) is 0 Å². The van der Waals surface area contributed by atoms with E-state index in [2.05, 4.69) is 15.5 Å². The number of carboxylic acid groups (broad SMARTS) is 1. The minimum atomic E-state index is -0.956. The van der Waals surface area contributed by atoms with Gasteiger partial charge in [-0.25, -0.2) is 0 Å². The number of hydrogen-bond acceptors (Lipinski definition) is 4. The number of carbonyl (C=O) groups is 2. The van der Waals surface area contributed by atoms with E-state index in [-0.39, 0.29) is 18.7 Å². The topological polar surface area (TPSA) is 97.1 Å². The van der Waals surface area contributed by atoms with Crippen LogP contribution in [0.3, 0.4) is 0 Å². The van der Waals surface area contributed by atoms with E-state index < -0.39 is 12.0 Å². The zero-order valence-electron chi connectivity index (χ0n) is 11.3. The number of carboxylic acids is 1. The highest BCUT2D eigenvalue weighted by Crippen LogP contribution is 2.16. The van der Waals surface area contributed by atoms with Crippen LogP contribution in [0.1, 0.15) is 24.4 Å². The van der Waals surface area contributed by atoms with Gasteiger partial charge in [0.25, 0.3) is 0 Å². The molecule has 1 aromatic carbocycles. The van der Waals surface area contributed by atoms with Gasteiger partial charge in [-0.15, -0.1) is 10.2 Å². The van der Waals surface area contributed by atoms with Gasteiger partial charge in [0, 0.05) is 13.0 Å². The smallest absolute Gasteiger partial charge is 0.305 e. The van der Waals surface area contributed by atoms with Crippen LogP contribution in [0, 0.1) is 0 Å². The van der Waals surface area contributed by atoms with E-state index in [1.807, 2.05) is 18.2 Å². The normalized spacial score (nSPS) is 11.8. The summed E-state index contributed by atoms with van der Waals surface area (Å²) in [5.74, 6) is -1.17. The highest BCUT2D eigenvalue weighted by molar-refractivity contribution is 5.77. The predicted molar refractivity (Wildman–Crippen MR) is 74.2 cm³/mol. The number of aromatic nitrogens is 3. The number of nitrogens with one attached hydrogen (secondary N) is 1. The standard InChI is InChI=1S/C14H16N4O3/c19-13(6-7-18-9-15-16-10-18)17-12(8-14(20)21)11-4-2-1-3-5-11/h1-5,9-10,12H,6-8H2,(H,17,19)(H,20,21)/t12-/m1/s1. The van der Waals surface area contributed by atoms with Gasteiger partial charge < -0.3 is 15.0 Å². The number of hydrogen-bond donors (Lipinski definition) is 2. The van der Waals surface area contributed by atoms with Gasteiger partial charge in [-0.2, -0.15) is 0 Å². The summed E-state index contributed by atoms with van der Waals surface area (Å²) in [6.07, 6.45) is 3.14. The summed E-state index contributed by atoms with van der Waals surface area (Å²) >= 11 is 0. The highest BCUT2D eigenvalue weighted by atomic mass is 16.4. The highest BCUT2D eigenvalue weighted by Gasteiger charge is 2.17. The molecule has 1 amide bonds. The first kappa shape index (κ1) is 14.7. The molecule has 21 heavy (non-hydrogen) atoms. The maximum absolute atomic E-state index is 11.9. The number of aliphatic carboxylic acids is 1. The van der Waals surface area contributed by atoms with E-state index >= 15 is 0 Å². The molecule has 2 rings (SSSR count). The molecule has 0 aliphatic rings. The monoisotopic (exact) mass is 288 g/mol. The Bertz CT molecular complexity index is 584. The average molecular weight is 288 g/mol. The quantitative estimate of drug-likeness (QED) is 0.792. The van der Waals surface area contributed by atoms with Crippen LogP contribution in [-0.2, 0) is 16.1 Å². The third kappa shape index (κ3) is 4.72. The average Bonchev–Trinajstić information content (AvgIpc) is 2.98. The molecule has 0 saturated carbocycles. The van der Waals surface area contributed by atoms with Crippen LogP contribution in [0.25, 0.3) is 0 Å². The first-order valence-electron chi connectivity index (χ1n) is 6.53. The zero-order valence-corrected chi connectivity index (χ0v) is 11.3. The molecule has 2 aromatic rings. The fraction of sp³-hybridized carbons (Fsp3) is 0.286. The van der Waals surface area contributed by atoms with Crippen molar-refractivity contribution in [3.63, 3.8) is 0 Å². The Morgan fingerprint density at radius 2 is 1.86 bits per heavy atom. The third-order valence-electron chi connectivity index (χ3n) is 2.98. The van der Waals surface area contributed by atoms with Crippen molar-refractivity contribution in [1.29, 1.82) is 0 Å². The van der Waals surface area contributed by atoms with Gasteiger partial charge in [-0.1, -0.05) is 30.3 Å². The van der Waals surface area contributed by atoms with Crippen molar-refractivity contribution in [3.8, 4) is 0 Å². The summed E-state index contributed by atoms with van der Waals surface area (Å²) in [4.78, 5) is 22.9. The van der Waals surface area contributed by atoms with Crippen LogP contribution in [0.5, 0.6) is 0 Å². The van der Waals surface area contributed by atoms with Crippen LogP contribution in [0.4, 0.5) is 0 Å². The maximum Gasteiger partial charge on any atom is 0.305 e. The lowest BCUT2D eigenvalue weighted by Crippen LogP contribution is -2.30. The predicted octanol–water partition coefficient (Wildman–Crippen LogP) is 1.00. The lowest BCUT2D eigenvalue weighted by Gasteiger charge is -2.17. The van der Waals surface area contributed by atoms with Crippen LogP contribution in [-0.4, -0.2) is 31.7 Å². The first-order valence-corrected chi connectivity index (χ1v) is 6.53. The van der Waals surface area contributed by atoms with E-state index in [1.54, 1.807) is 16.7 Å². The molecule has 2 N–H and O–H groups in total. The number of nitrogens with zero attached hydrogens (tertiary/aromatic N) is 3. The molecular formula is C14H16N4O3. The van der Waals surface area contributed by atoms with Crippen molar-refractivity contribution in [2.45, 2.75) is 25.4 Å². The Hall–Kier alpha value is -2.70. The first-order chi connectivity index (χ1) is 10.1. The molecule has 7 heteroatoms. The number of rotatable bonds is 7. The van der Waals surface area contributed by atoms with E-state index in [0.29, 0.717) is 6.54 Å². The van der Waals surface area contributed by atoms with Crippen molar-refractivity contribution in [2.24, 2.45) is 0 Å². The third-order valence-corrected chi connectivity index (χ3v) is 2.98. The fourth-order valence-corrected chi connectivity index (χ4v) is 1.95. The van der Waals surface area contributed by atoms with Crippen molar-refractivity contribution in [3.05, 3.63) is 48.5 Å². The summed E-state index contributed by atoms with van der Waals surface area (Å²) in [6.45, 7) is 0.452. The lowest BCUT2D eigenvalue weighted by atomic mass is 10.0. The molecule has 1 atom stereocenters. The molecule has 0 bridgehead atoms. The molecular weight excluding hydrogens is 272 g/mol. The maximum atomic E-state index is 11.9. The van der Waals surface area contributed by atoms with Crippen molar-refractivity contribution in [1.82, 2.24) is 20.1 Å². The van der Waals surface area contributed by atoms with Crippen molar-refractivity contribution >= 4 is 11.9 Å². The van der Waals surface area contributed by atoms with E-state index in [9.17, 15) is 9.59 Å². The van der Waals surface area contributed by atoms with Crippen LogP contribution >= 0.6 is 0 Å². The zero-order chi connectivity index (χ0) is 15.1. The molecule has 0 spiro atoms. The Morgan fingerprint density at radius 3 is 2.48 bits per heavy atom. The molecule has 0 aliphatic carbocycles. The van der Waals surface area contributed by atoms with E-state index in [0.717, 1.165) is 5.56 Å². The van der Waals surface area contributed by atoms with Crippen LogP contribution in [0.2, 0.25) is 0 Å². The summed E-state index contributed by atoms with van der Waals surface area (Å²) < 4.78 is 1.69. The SMILES string of the molecule is O=C(O)C[C@@H](NC(=O)CCn1cnnc1)c1ccccc1. The second kappa shape index (κ2) is 7.18. The van der Waals surface area contributed by atoms with Gasteiger partial charge in [-0.3, -0.25) is 9.59 Å². The van der Waals surface area contributed by atoms with Crippen LogP contribution in [0.15, 0.2) is 43.0 Å². The Morgan fingerprint density at radius 1 is 1.19 bits per heavy atom. The van der Waals surface area contributed by atoms with Gasteiger partial charge in [-0.05, 0) is 5.56 Å².